The molecule has 0 aromatic heterocycles. The van der Waals surface area contributed by atoms with Crippen molar-refractivity contribution in [3.8, 4) is 0 Å². The molecule has 1 aliphatic rings. The fourth-order valence-corrected chi connectivity index (χ4v) is 5.12. The van der Waals surface area contributed by atoms with Crippen molar-refractivity contribution in [3.63, 3.8) is 0 Å². The number of aryl methyl sites for hydroxylation is 1. The third kappa shape index (κ3) is 5.21. The number of halogens is 1. The highest BCUT2D eigenvalue weighted by Gasteiger charge is 2.20. The van der Waals surface area contributed by atoms with Crippen LogP contribution < -0.4 is 10.0 Å². The maximum absolute atomic E-state index is 12.6. The first kappa shape index (κ1) is 22.1. The molecule has 3 aromatic rings. The molecule has 0 spiro atoms. The fraction of sp³-hybridized carbons (Fsp3) is 0.160. The molecule has 4 rings (SSSR count). The Labute approximate surface area is 193 Å². The van der Waals surface area contributed by atoms with E-state index < -0.39 is 10.0 Å². The van der Waals surface area contributed by atoms with Gasteiger partial charge in [-0.2, -0.15) is 0 Å². The average molecular weight is 467 g/mol. The standard InChI is InChI=1S/C25H23ClN2O3S/c26-22-9-3-4-10-24(22)28-32(30,31)20-15-12-18(13-16-20)14-17-25(29)27-23-11-5-7-19-6-1-2-8-21(19)23/h1-4,6,8-10,12-17,23,28H,5,7,11H2,(H,27,29)/b17-14+. The number of anilines is 1. The van der Waals surface area contributed by atoms with E-state index in [9.17, 15) is 13.2 Å². The summed E-state index contributed by atoms with van der Waals surface area (Å²) in [7, 11) is -3.77. The third-order valence-electron chi connectivity index (χ3n) is 5.42. The minimum absolute atomic E-state index is 0.0144. The molecule has 0 heterocycles. The average Bonchev–Trinajstić information content (AvgIpc) is 2.80. The number of para-hydroxylation sites is 1. The highest BCUT2D eigenvalue weighted by Crippen LogP contribution is 2.29. The number of rotatable bonds is 6. The second-order valence-corrected chi connectivity index (χ2v) is 9.73. The Morgan fingerprint density at radius 3 is 2.47 bits per heavy atom. The zero-order valence-electron chi connectivity index (χ0n) is 17.3. The molecule has 32 heavy (non-hydrogen) atoms. The summed E-state index contributed by atoms with van der Waals surface area (Å²) in [4.78, 5) is 12.5. The molecule has 0 bridgehead atoms. The maximum atomic E-state index is 12.6. The van der Waals surface area contributed by atoms with Gasteiger partial charge in [-0.05, 0) is 66.3 Å². The summed E-state index contributed by atoms with van der Waals surface area (Å²) < 4.78 is 27.7. The van der Waals surface area contributed by atoms with Crippen molar-refractivity contribution in [2.75, 3.05) is 4.72 Å². The topological polar surface area (TPSA) is 75.3 Å². The van der Waals surface area contributed by atoms with E-state index in [0.29, 0.717) is 10.7 Å². The summed E-state index contributed by atoms with van der Waals surface area (Å²) in [5.74, 6) is -0.177. The Kier molecular flexibility index (Phi) is 6.63. The summed E-state index contributed by atoms with van der Waals surface area (Å²) in [6.07, 6.45) is 6.15. The largest absolute Gasteiger partial charge is 0.346 e. The molecule has 5 nitrogen and oxygen atoms in total. The van der Waals surface area contributed by atoms with Crippen molar-refractivity contribution < 1.29 is 13.2 Å². The van der Waals surface area contributed by atoms with Crippen LogP contribution in [0.4, 0.5) is 5.69 Å². The number of amides is 1. The van der Waals surface area contributed by atoms with E-state index in [-0.39, 0.29) is 16.8 Å². The highest BCUT2D eigenvalue weighted by molar-refractivity contribution is 7.92. The van der Waals surface area contributed by atoms with E-state index in [1.54, 1.807) is 42.5 Å². The lowest BCUT2D eigenvalue weighted by Crippen LogP contribution is -2.29. The summed E-state index contributed by atoms with van der Waals surface area (Å²) in [5.41, 5.74) is 3.51. The first-order valence-electron chi connectivity index (χ1n) is 10.4. The summed E-state index contributed by atoms with van der Waals surface area (Å²) in [5, 5.41) is 3.39. The zero-order chi connectivity index (χ0) is 22.6. The first-order valence-corrected chi connectivity index (χ1v) is 12.2. The van der Waals surface area contributed by atoms with E-state index in [2.05, 4.69) is 22.2 Å². The number of sulfonamides is 1. The van der Waals surface area contributed by atoms with Gasteiger partial charge in [-0.3, -0.25) is 9.52 Å². The number of hydrogen-bond acceptors (Lipinski definition) is 3. The molecule has 0 saturated carbocycles. The van der Waals surface area contributed by atoms with Gasteiger partial charge in [0.05, 0.1) is 21.6 Å². The molecule has 1 unspecified atom stereocenters. The van der Waals surface area contributed by atoms with Gasteiger partial charge in [0, 0.05) is 6.08 Å². The SMILES string of the molecule is O=C(/C=C/c1ccc(S(=O)(=O)Nc2ccccc2Cl)cc1)NC1CCCc2ccccc21. The van der Waals surface area contributed by atoms with Gasteiger partial charge in [0.2, 0.25) is 5.91 Å². The van der Waals surface area contributed by atoms with Gasteiger partial charge in [0.1, 0.15) is 0 Å². The second kappa shape index (κ2) is 9.59. The third-order valence-corrected chi connectivity index (χ3v) is 7.13. The minimum Gasteiger partial charge on any atom is -0.346 e. The molecule has 0 aliphatic heterocycles. The Morgan fingerprint density at radius 1 is 0.969 bits per heavy atom. The Bertz CT molecular complexity index is 1250. The smallest absolute Gasteiger partial charge is 0.261 e. The number of fused-ring (bicyclic) bond motifs is 1. The Hall–Kier alpha value is -3.09. The van der Waals surface area contributed by atoms with Crippen molar-refractivity contribution in [2.45, 2.75) is 30.2 Å². The van der Waals surface area contributed by atoms with Gasteiger partial charge in [-0.15, -0.1) is 0 Å². The van der Waals surface area contributed by atoms with E-state index in [1.807, 2.05) is 12.1 Å². The summed E-state index contributed by atoms with van der Waals surface area (Å²) >= 11 is 6.04. The van der Waals surface area contributed by atoms with Crippen LogP contribution in [0.25, 0.3) is 6.08 Å². The molecule has 7 heteroatoms. The van der Waals surface area contributed by atoms with E-state index >= 15 is 0 Å². The van der Waals surface area contributed by atoms with Gasteiger partial charge in [0.15, 0.2) is 0 Å². The number of benzene rings is 3. The molecule has 2 N–H and O–H groups in total. The molecule has 0 saturated heterocycles. The van der Waals surface area contributed by atoms with Crippen LogP contribution in [-0.2, 0) is 21.2 Å². The van der Waals surface area contributed by atoms with Gasteiger partial charge in [-0.25, -0.2) is 8.42 Å². The minimum atomic E-state index is -3.77. The zero-order valence-corrected chi connectivity index (χ0v) is 18.9. The van der Waals surface area contributed by atoms with Gasteiger partial charge in [-0.1, -0.05) is 60.1 Å². The monoisotopic (exact) mass is 466 g/mol. The molecule has 3 aromatic carbocycles. The quantitative estimate of drug-likeness (QED) is 0.481. The second-order valence-electron chi connectivity index (χ2n) is 7.64. The summed E-state index contributed by atoms with van der Waals surface area (Å²) in [6, 6.07) is 21.2. The van der Waals surface area contributed by atoms with Gasteiger partial charge >= 0.3 is 0 Å². The van der Waals surface area contributed by atoms with Crippen LogP contribution in [0.5, 0.6) is 0 Å². The number of carbonyl (C=O) groups is 1. The van der Waals surface area contributed by atoms with Gasteiger partial charge < -0.3 is 5.32 Å². The molecule has 1 amide bonds. The van der Waals surface area contributed by atoms with E-state index in [4.69, 9.17) is 11.6 Å². The van der Waals surface area contributed by atoms with Crippen LogP contribution >= 0.6 is 11.6 Å². The van der Waals surface area contributed by atoms with E-state index in [1.165, 1.54) is 29.3 Å². The van der Waals surface area contributed by atoms with Crippen LogP contribution in [0.1, 0.15) is 35.6 Å². The maximum Gasteiger partial charge on any atom is 0.261 e. The molecule has 164 valence electrons. The predicted molar refractivity (Wildman–Crippen MR) is 128 cm³/mol. The molecule has 1 atom stereocenters. The number of carbonyl (C=O) groups excluding carboxylic acids is 1. The van der Waals surface area contributed by atoms with Crippen molar-refractivity contribution in [1.29, 1.82) is 0 Å². The molecule has 1 aliphatic carbocycles. The fourth-order valence-electron chi connectivity index (χ4n) is 3.80. The number of nitrogens with one attached hydrogen (secondary N) is 2. The van der Waals surface area contributed by atoms with Crippen LogP contribution in [-0.4, -0.2) is 14.3 Å². The molecule has 0 radical (unpaired) electrons. The molecular formula is C25H23ClN2O3S. The highest BCUT2D eigenvalue weighted by atomic mass is 35.5. The van der Waals surface area contributed by atoms with E-state index in [0.717, 1.165) is 24.8 Å². The van der Waals surface area contributed by atoms with Crippen molar-refractivity contribution >= 4 is 39.3 Å². The van der Waals surface area contributed by atoms with Crippen LogP contribution in [0.3, 0.4) is 0 Å². The Balaban J connectivity index is 1.40. The first-order chi connectivity index (χ1) is 15.4. The van der Waals surface area contributed by atoms with Crippen LogP contribution in [0.2, 0.25) is 5.02 Å². The van der Waals surface area contributed by atoms with Crippen molar-refractivity contribution in [2.24, 2.45) is 0 Å². The van der Waals surface area contributed by atoms with Crippen molar-refractivity contribution in [3.05, 3.63) is 101 Å². The Morgan fingerprint density at radius 2 is 1.69 bits per heavy atom. The van der Waals surface area contributed by atoms with Crippen molar-refractivity contribution in [1.82, 2.24) is 5.32 Å². The molecular weight excluding hydrogens is 444 g/mol. The van der Waals surface area contributed by atoms with Crippen LogP contribution in [0, 0.1) is 0 Å². The lowest BCUT2D eigenvalue weighted by atomic mass is 9.88. The normalized spacial score (nSPS) is 15.8. The van der Waals surface area contributed by atoms with Crippen LogP contribution in [0.15, 0.2) is 83.8 Å². The summed E-state index contributed by atoms with van der Waals surface area (Å²) in [6.45, 7) is 0. The lowest BCUT2D eigenvalue weighted by Gasteiger charge is -2.25. The predicted octanol–water partition coefficient (Wildman–Crippen LogP) is 5.35. The molecule has 0 fully saturated rings. The lowest BCUT2D eigenvalue weighted by molar-refractivity contribution is -0.117. The van der Waals surface area contributed by atoms with Gasteiger partial charge in [0.25, 0.3) is 10.0 Å². The number of hydrogen-bond donors (Lipinski definition) is 2.